The molecule has 1 saturated heterocycles. The summed E-state index contributed by atoms with van der Waals surface area (Å²) in [6, 6.07) is 25.7. The lowest BCUT2D eigenvalue weighted by Crippen LogP contribution is -2.29. The minimum Gasteiger partial charge on any atom is -0.478 e. The molecule has 1 fully saturated rings. The second kappa shape index (κ2) is 8.28. The number of rotatable bonds is 5. The Morgan fingerprint density at radius 1 is 0.969 bits per heavy atom. The molecule has 5 rings (SSSR count). The Labute approximate surface area is 190 Å². The lowest BCUT2D eigenvalue weighted by atomic mass is 10.0. The molecule has 0 bridgehead atoms. The number of anilines is 1. The molecule has 1 aliphatic heterocycles. The highest BCUT2D eigenvalue weighted by molar-refractivity contribution is 7.80. The largest absolute Gasteiger partial charge is 0.478 e. The van der Waals surface area contributed by atoms with Gasteiger partial charge in [-0.1, -0.05) is 36.4 Å². The molecule has 2 N–H and O–H groups in total. The third-order valence-electron chi connectivity index (χ3n) is 5.47. The van der Waals surface area contributed by atoms with E-state index < -0.39 is 5.97 Å². The fourth-order valence-corrected chi connectivity index (χ4v) is 4.30. The summed E-state index contributed by atoms with van der Waals surface area (Å²) in [5, 5.41) is 13.1. The molecule has 7 heteroatoms. The number of nitrogens with one attached hydrogen (secondary N) is 1. The number of nitrogens with zero attached hydrogens (tertiary/aromatic N) is 2. The summed E-state index contributed by atoms with van der Waals surface area (Å²) in [6.07, 6.45) is 1.76. The maximum Gasteiger partial charge on any atom is 0.335 e. The lowest BCUT2D eigenvalue weighted by molar-refractivity contribution is 0.0697. The van der Waals surface area contributed by atoms with E-state index in [-0.39, 0.29) is 17.6 Å². The zero-order valence-corrected chi connectivity index (χ0v) is 17.7. The normalized spacial score (nSPS) is 17.9. The van der Waals surface area contributed by atoms with Crippen molar-refractivity contribution >= 4 is 29.0 Å². The summed E-state index contributed by atoms with van der Waals surface area (Å²) in [5.41, 5.74) is 2.85. The van der Waals surface area contributed by atoms with Gasteiger partial charge in [0.1, 0.15) is 17.6 Å². The predicted molar refractivity (Wildman–Crippen MR) is 125 cm³/mol. The van der Waals surface area contributed by atoms with Crippen LogP contribution in [-0.2, 0) is 0 Å². The monoisotopic (exact) mass is 441 g/mol. The Kier molecular flexibility index (Phi) is 5.17. The molecule has 0 saturated carbocycles. The minimum atomic E-state index is -0.959. The molecule has 0 radical (unpaired) electrons. The van der Waals surface area contributed by atoms with Crippen molar-refractivity contribution in [3.63, 3.8) is 0 Å². The standard InChI is InChI=1S/C25H19N3O3S/c29-24(30)17-11-9-16(10-12-17)20-13-14-21(31-20)23-22(19-8-4-5-15-26-19)27-25(32)28(23)18-6-2-1-3-7-18/h1-15,22-23H,(H,27,32)(H,29,30)/t22-,23+/m1/s1. The number of aromatic nitrogens is 1. The van der Waals surface area contributed by atoms with Gasteiger partial charge >= 0.3 is 5.97 Å². The van der Waals surface area contributed by atoms with Gasteiger partial charge in [0.15, 0.2) is 5.11 Å². The van der Waals surface area contributed by atoms with Crippen LogP contribution in [0.2, 0.25) is 0 Å². The van der Waals surface area contributed by atoms with Crippen molar-refractivity contribution in [1.29, 1.82) is 0 Å². The van der Waals surface area contributed by atoms with E-state index in [0.717, 1.165) is 22.7 Å². The van der Waals surface area contributed by atoms with E-state index in [0.29, 0.717) is 10.9 Å². The second-order valence-electron chi connectivity index (χ2n) is 7.42. The molecular weight excluding hydrogens is 422 g/mol. The average Bonchev–Trinajstić information content (AvgIpc) is 3.45. The molecule has 2 aromatic heterocycles. The topological polar surface area (TPSA) is 78.6 Å². The van der Waals surface area contributed by atoms with Crippen LogP contribution in [0.15, 0.2) is 95.5 Å². The summed E-state index contributed by atoms with van der Waals surface area (Å²) in [6.45, 7) is 0. The smallest absolute Gasteiger partial charge is 0.335 e. The van der Waals surface area contributed by atoms with Crippen LogP contribution in [0.3, 0.4) is 0 Å². The van der Waals surface area contributed by atoms with Crippen molar-refractivity contribution in [2.24, 2.45) is 0 Å². The van der Waals surface area contributed by atoms with Gasteiger partial charge in [-0.25, -0.2) is 4.79 Å². The molecule has 2 aromatic carbocycles. The van der Waals surface area contributed by atoms with Crippen LogP contribution in [0.4, 0.5) is 5.69 Å². The number of furan rings is 1. The minimum absolute atomic E-state index is 0.197. The number of pyridine rings is 1. The summed E-state index contributed by atoms with van der Waals surface area (Å²) < 4.78 is 6.29. The van der Waals surface area contributed by atoms with E-state index in [1.807, 2.05) is 65.6 Å². The van der Waals surface area contributed by atoms with E-state index in [4.69, 9.17) is 21.7 Å². The number of thiocarbonyl (C=S) groups is 1. The predicted octanol–water partition coefficient (Wildman–Crippen LogP) is 5.22. The molecule has 0 unspecified atom stereocenters. The fraction of sp³-hybridized carbons (Fsp3) is 0.0800. The summed E-state index contributed by atoms with van der Waals surface area (Å²) in [4.78, 5) is 17.7. The first-order valence-corrected chi connectivity index (χ1v) is 10.5. The van der Waals surface area contributed by atoms with Crippen LogP contribution in [0, 0.1) is 0 Å². The van der Waals surface area contributed by atoms with Crippen LogP contribution in [0.25, 0.3) is 11.3 Å². The van der Waals surface area contributed by atoms with Crippen molar-refractivity contribution in [3.05, 3.63) is 108 Å². The van der Waals surface area contributed by atoms with Crippen molar-refractivity contribution in [2.45, 2.75) is 12.1 Å². The van der Waals surface area contributed by atoms with Crippen molar-refractivity contribution in [1.82, 2.24) is 10.3 Å². The van der Waals surface area contributed by atoms with Gasteiger partial charge in [0.05, 0.1) is 17.3 Å². The number of carboxylic acid groups (broad SMARTS) is 1. The summed E-state index contributed by atoms with van der Waals surface area (Å²) in [5.74, 6) is 0.427. The van der Waals surface area contributed by atoms with Crippen LogP contribution in [0.1, 0.15) is 33.9 Å². The van der Waals surface area contributed by atoms with Crippen LogP contribution in [0.5, 0.6) is 0 Å². The van der Waals surface area contributed by atoms with Gasteiger partial charge in [-0.3, -0.25) is 4.98 Å². The van der Waals surface area contributed by atoms with E-state index in [1.165, 1.54) is 0 Å². The zero-order valence-electron chi connectivity index (χ0n) is 16.9. The van der Waals surface area contributed by atoms with Gasteiger partial charge in [-0.15, -0.1) is 0 Å². The molecule has 32 heavy (non-hydrogen) atoms. The summed E-state index contributed by atoms with van der Waals surface area (Å²) in [7, 11) is 0. The highest BCUT2D eigenvalue weighted by Crippen LogP contribution is 2.42. The molecule has 4 aromatic rings. The van der Waals surface area contributed by atoms with Crippen molar-refractivity contribution < 1.29 is 14.3 Å². The Balaban J connectivity index is 1.56. The van der Waals surface area contributed by atoms with Crippen molar-refractivity contribution in [2.75, 3.05) is 4.90 Å². The van der Waals surface area contributed by atoms with E-state index >= 15 is 0 Å². The fourth-order valence-electron chi connectivity index (χ4n) is 3.95. The molecule has 0 spiro atoms. The van der Waals surface area contributed by atoms with Gasteiger partial charge in [-0.2, -0.15) is 0 Å². The molecule has 0 aliphatic carbocycles. The number of aromatic carboxylic acids is 1. The highest BCUT2D eigenvalue weighted by atomic mass is 32.1. The third kappa shape index (κ3) is 3.63. The Morgan fingerprint density at radius 3 is 2.41 bits per heavy atom. The van der Waals surface area contributed by atoms with E-state index in [2.05, 4.69) is 10.3 Å². The zero-order chi connectivity index (χ0) is 22.1. The van der Waals surface area contributed by atoms with Gasteiger partial charge < -0.3 is 19.7 Å². The Bertz CT molecular complexity index is 1260. The molecule has 158 valence electrons. The first kappa shape index (κ1) is 20.0. The SMILES string of the molecule is O=C(O)c1ccc(-c2ccc([C@H]3[C@@H](c4ccccn4)NC(=S)N3c3ccccc3)o2)cc1. The highest BCUT2D eigenvalue weighted by Gasteiger charge is 2.42. The Morgan fingerprint density at radius 2 is 1.72 bits per heavy atom. The average molecular weight is 442 g/mol. The van der Waals surface area contributed by atoms with E-state index in [1.54, 1.807) is 30.5 Å². The molecule has 0 amide bonds. The number of hydrogen-bond donors (Lipinski definition) is 2. The third-order valence-corrected chi connectivity index (χ3v) is 5.78. The molecule has 2 atom stereocenters. The maximum absolute atomic E-state index is 11.1. The van der Waals surface area contributed by atoms with Crippen LogP contribution < -0.4 is 10.2 Å². The number of carbonyl (C=O) groups is 1. The maximum atomic E-state index is 11.1. The first-order valence-electron chi connectivity index (χ1n) is 10.1. The Hall–Kier alpha value is -3.97. The van der Waals surface area contributed by atoms with Crippen LogP contribution >= 0.6 is 12.2 Å². The molecule has 1 aliphatic rings. The van der Waals surface area contributed by atoms with Crippen molar-refractivity contribution in [3.8, 4) is 11.3 Å². The molecule has 6 nitrogen and oxygen atoms in total. The summed E-state index contributed by atoms with van der Waals surface area (Å²) >= 11 is 5.71. The van der Waals surface area contributed by atoms with Gasteiger partial charge in [0.2, 0.25) is 0 Å². The first-order chi connectivity index (χ1) is 15.6. The molecular formula is C25H19N3O3S. The number of hydrogen-bond acceptors (Lipinski definition) is 4. The van der Waals surface area contributed by atoms with Crippen LogP contribution in [-0.4, -0.2) is 21.2 Å². The van der Waals surface area contributed by atoms with E-state index in [9.17, 15) is 4.79 Å². The second-order valence-corrected chi connectivity index (χ2v) is 7.80. The molecule has 3 heterocycles. The number of benzene rings is 2. The number of para-hydroxylation sites is 1. The van der Waals surface area contributed by atoms with Gasteiger partial charge in [0, 0.05) is 17.4 Å². The lowest BCUT2D eigenvalue weighted by Gasteiger charge is -2.26. The van der Waals surface area contributed by atoms with Gasteiger partial charge in [-0.05, 0) is 60.7 Å². The van der Waals surface area contributed by atoms with Gasteiger partial charge in [0.25, 0.3) is 0 Å². The quantitative estimate of drug-likeness (QED) is 0.411. The number of carboxylic acids is 1.